The van der Waals surface area contributed by atoms with Crippen LogP contribution in [0.2, 0.25) is 0 Å². The van der Waals surface area contributed by atoms with Crippen molar-refractivity contribution in [2.24, 2.45) is 0 Å². The van der Waals surface area contributed by atoms with Crippen molar-refractivity contribution < 1.29 is 42.1 Å². The second-order valence-electron chi connectivity index (χ2n) is 15.3. The van der Waals surface area contributed by atoms with Gasteiger partial charge in [0.15, 0.2) is 6.10 Å². The molecule has 0 aliphatic heterocycles. The summed E-state index contributed by atoms with van der Waals surface area (Å²) in [7, 11) is 1.43. The number of hydrogen-bond acceptors (Lipinski definition) is 7. The molecule has 0 heterocycles. The van der Waals surface area contributed by atoms with E-state index in [1.54, 1.807) is 0 Å². The van der Waals surface area contributed by atoms with Gasteiger partial charge in [0.05, 0.1) is 27.7 Å². The molecule has 0 fully saturated rings. The van der Waals surface area contributed by atoms with Gasteiger partial charge in [0.2, 0.25) is 0 Å². The lowest BCUT2D eigenvalue weighted by atomic mass is 10.1. The molecule has 0 aromatic carbocycles. The molecular weight excluding hydrogens is 737 g/mol. The molecule has 2 atom stereocenters. The summed E-state index contributed by atoms with van der Waals surface area (Å²) in [4.78, 5) is 35.3. The van der Waals surface area contributed by atoms with E-state index >= 15 is 0 Å². The van der Waals surface area contributed by atoms with Crippen molar-refractivity contribution in [1.29, 1.82) is 0 Å². The zero-order valence-corrected chi connectivity index (χ0v) is 37.4. The number of phosphoric ester groups is 1. The topological polar surface area (TPSA) is 108 Å². The number of allylic oxidation sites excluding steroid dienone is 14. The predicted molar refractivity (Wildman–Crippen MR) is 238 cm³/mol. The molecule has 0 aromatic rings. The highest BCUT2D eigenvalue weighted by atomic mass is 31.2. The molecule has 0 radical (unpaired) electrons. The largest absolute Gasteiger partial charge is 0.472 e. The van der Waals surface area contributed by atoms with Crippen LogP contribution in [0, 0.1) is 0 Å². The van der Waals surface area contributed by atoms with Crippen LogP contribution in [0.25, 0.3) is 0 Å². The zero-order chi connectivity index (χ0) is 42.1. The Bertz CT molecular complexity index is 1240. The molecule has 2 unspecified atom stereocenters. The van der Waals surface area contributed by atoms with Crippen molar-refractivity contribution in [3.8, 4) is 0 Å². The molecular formula is C47H81NO8P+. The van der Waals surface area contributed by atoms with E-state index in [1.165, 1.54) is 12.8 Å². The van der Waals surface area contributed by atoms with E-state index in [2.05, 4.69) is 98.9 Å². The van der Waals surface area contributed by atoms with Crippen molar-refractivity contribution in [1.82, 2.24) is 0 Å². The van der Waals surface area contributed by atoms with Gasteiger partial charge in [-0.3, -0.25) is 18.6 Å². The first kappa shape index (κ1) is 54.2. The van der Waals surface area contributed by atoms with Crippen LogP contribution in [0.4, 0.5) is 0 Å². The molecule has 326 valence electrons. The molecule has 57 heavy (non-hydrogen) atoms. The molecule has 0 saturated carbocycles. The SMILES string of the molecule is CC/C=C\C/C=C\C/C=C\C/C=C\C/C=C\CCCCCC(=O)OC(COC(=O)CCCCCCC/C=C\C/C=C\CCCC)COP(=O)(O)OCC[N+](C)(C)C. The first-order chi connectivity index (χ1) is 27.5. The number of likely N-dealkylation sites (N-methyl/N-ethyl adjacent to an activating group) is 1. The molecule has 1 N–H and O–H groups in total. The second-order valence-corrected chi connectivity index (χ2v) is 16.8. The van der Waals surface area contributed by atoms with E-state index in [4.69, 9.17) is 18.5 Å². The van der Waals surface area contributed by atoms with Crippen LogP contribution in [0.1, 0.15) is 149 Å². The highest BCUT2D eigenvalue weighted by Crippen LogP contribution is 2.43. The third-order valence-corrected chi connectivity index (χ3v) is 9.64. The minimum absolute atomic E-state index is 0.0177. The Hall–Kier alpha value is -2.81. The molecule has 0 amide bonds. The monoisotopic (exact) mass is 819 g/mol. The molecule has 0 bridgehead atoms. The zero-order valence-electron chi connectivity index (χ0n) is 36.5. The van der Waals surface area contributed by atoms with E-state index in [-0.39, 0.29) is 26.1 Å². The van der Waals surface area contributed by atoms with E-state index < -0.39 is 32.5 Å². The molecule has 9 nitrogen and oxygen atoms in total. The number of quaternary nitrogens is 1. The summed E-state index contributed by atoms with van der Waals surface area (Å²) >= 11 is 0. The van der Waals surface area contributed by atoms with Crippen LogP contribution in [0.5, 0.6) is 0 Å². The number of phosphoric acid groups is 1. The first-order valence-electron chi connectivity index (χ1n) is 21.8. The van der Waals surface area contributed by atoms with Crippen LogP contribution < -0.4 is 0 Å². The molecule has 0 saturated heterocycles. The van der Waals surface area contributed by atoms with Crippen molar-refractivity contribution >= 4 is 19.8 Å². The average molecular weight is 819 g/mol. The molecule has 0 aliphatic carbocycles. The number of carbonyl (C=O) groups is 2. The fraction of sp³-hybridized carbons (Fsp3) is 0.660. The predicted octanol–water partition coefficient (Wildman–Crippen LogP) is 12.4. The van der Waals surface area contributed by atoms with E-state index in [0.717, 1.165) is 96.3 Å². The lowest BCUT2D eigenvalue weighted by Crippen LogP contribution is -2.37. The minimum atomic E-state index is -4.39. The Labute approximate surface area is 348 Å². The van der Waals surface area contributed by atoms with Gasteiger partial charge in [-0.15, -0.1) is 0 Å². The van der Waals surface area contributed by atoms with E-state index in [9.17, 15) is 19.0 Å². The molecule has 0 spiro atoms. The summed E-state index contributed by atoms with van der Waals surface area (Å²) in [6, 6.07) is 0. The van der Waals surface area contributed by atoms with Gasteiger partial charge in [-0.1, -0.05) is 137 Å². The van der Waals surface area contributed by atoms with Crippen LogP contribution in [0.3, 0.4) is 0 Å². The highest BCUT2D eigenvalue weighted by Gasteiger charge is 2.27. The quantitative estimate of drug-likeness (QED) is 0.0216. The first-order valence-corrected chi connectivity index (χ1v) is 23.3. The Kier molecular flexibility index (Phi) is 36.8. The Morgan fingerprint density at radius 3 is 1.51 bits per heavy atom. The minimum Gasteiger partial charge on any atom is -0.462 e. The van der Waals surface area contributed by atoms with Crippen molar-refractivity contribution in [3.63, 3.8) is 0 Å². The summed E-state index contributed by atoms with van der Waals surface area (Å²) in [6.45, 7) is 4.18. The van der Waals surface area contributed by atoms with Gasteiger partial charge in [0.25, 0.3) is 0 Å². The number of rotatable bonds is 38. The smallest absolute Gasteiger partial charge is 0.462 e. The lowest BCUT2D eigenvalue weighted by Gasteiger charge is -2.24. The lowest BCUT2D eigenvalue weighted by molar-refractivity contribution is -0.870. The van der Waals surface area contributed by atoms with Crippen molar-refractivity contribution in [2.45, 2.75) is 155 Å². The number of esters is 2. The summed E-state index contributed by atoms with van der Waals surface area (Å²) in [5.41, 5.74) is 0. The van der Waals surface area contributed by atoms with Gasteiger partial charge >= 0.3 is 19.8 Å². The summed E-state index contributed by atoms with van der Waals surface area (Å²) in [5, 5.41) is 0. The Morgan fingerprint density at radius 1 is 0.561 bits per heavy atom. The van der Waals surface area contributed by atoms with Gasteiger partial charge in [-0.05, 0) is 83.5 Å². The standard InChI is InChI=1S/C47H80NO8P/c1-6-8-10-12-14-16-18-20-22-23-24-25-26-28-30-32-34-36-38-40-47(50)56-45(44-55-57(51,52)54-42-41-48(3,4)5)43-53-46(49)39-37-35-33-31-29-27-21-19-17-15-13-11-9-7-2/h8,10,13-16,19-22,24-25,28,30,45H,6-7,9,11-12,17-18,23,26-27,29,31-44H2,1-5H3/p+1/b10-8-,15-13-,16-14-,21-19-,22-20-,25-24-,30-28-. The number of ether oxygens (including phenoxy) is 2. The van der Waals surface area contributed by atoms with Gasteiger partial charge in [0, 0.05) is 12.8 Å². The summed E-state index contributed by atoms with van der Waals surface area (Å²) in [6.07, 6.45) is 49.1. The third kappa shape index (κ3) is 42.6. The third-order valence-electron chi connectivity index (χ3n) is 8.66. The van der Waals surface area contributed by atoms with Gasteiger partial charge in [0.1, 0.15) is 19.8 Å². The van der Waals surface area contributed by atoms with Gasteiger partial charge < -0.3 is 18.9 Å². The maximum Gasteiger partial charge on any atom is 0.472 e. The van der Waals surface area contributed by atoms with Crippen LogP contribution in [-0.2, 0) is 32.7 Å². The average Bonchev–Trinajstić information content (AvgIpc) is 3.16. The number of hydrogen-bond donors (Lipinski definition) is 1. The molecule has 0 aliphatic rings. The van der Waals surface area contributed by atoms with Crippen molar-refractivity contribution in [2.75, 3.05) is 47.5 Å². The number of carbonyl (C=O) groups excluding carboxylic acids is 2. The highest BCUT2D eigenvalue weighted by molar-refractivity contribution is 7.47. The van der Waals surface area contributed by atoms with E-state index in [0.29, 0.717) is 23.9 Å². The van der Waals surface area contributed by atoms with Gasteiger partial charge in [-0.25, -0.2) is 4.57 Å². The van der Waals surface area contributed by atoms with Crippen LogP contribution >= 0.6 is 7.82 Å². The summed E-state index contributed by atoms with van der Waals surface area (Å²) in [5.74, 6) is -0.862. The van der Waals surface area contributed by atoms with Crippen LogP contribution in [-0.4, -0.2) is 74.9 Å². The van der Waals surface area contributed by atoms with Gasteiger partial charge in [-0.2, -0.15) is 0 Å². The normalized spacial score (nSPS) is 14.4. The maximum absolute atomic E-state index is 12.7. The summed E-state index contributed by atoms with van der Waals surface area (Å²) < 4.78 is 34.2. The molecule has 0 rings (SSSR count). The molecule has 10 heteroatoms. The second kappa shape index (κ2) is 38.7. The fourth-order valence-electron chi connectivity index (χ4n) is 5.23. The Morgan fingerprint density at radius 2 is 1.00 bits per heavy atom. The molecule has 0 aromatic heterocycles. The fourth-order valence-corrected chi connectivity index (χ4v) is 5.97. The van der Waals surface area contributed by atoms with E-state index in [1.807, 2.05) is 21.1 Å². The number of nitrogens with zero attached hydrogens (tertiary/aromatic N) is 1. The maximum atomic E-state index is 12.7. The Balaban J connectivity index is 4.48. The van der Waals surface area contributed by atoms with Crippen LogP contribution in [0.15, 0.2) is 85.1 Å². The number of unbranched alkanes of at least 4 members (excludes halogenated alkanes) is 10. The van der Waals surface area contributed by atoms with Crippen molar-refractivity contribution in [3.05, 3.63) is 85.1 Å².